The van der Waals surface area contributed by atoms with Gasteiger partial charge in [-0.25, -0.2) is 4.98 Å². The Balaban J connectivity index is 1.40. The Morgan fingerprint density at radius 1 is 1.33 bits per heavy atom. The number of benzene rings is 1. The summed E-state index contributed by atoms with van der Waals surface area (Å²) in [6.45, 7) is 2.50. The minimum absolute atomic E-state index is 0.000519. The van der Waals surface area contributed by atoms with Crippen molar-refractivity contribution < 1.29 is 18.7 Å². The van der Waals surface area contributed by atoms with Gasteiger partial charge in [-0.05, 0) is 31.5 Å². The van der Waals surface area contributed by atoms with Crippen molar-refractivity contribution in [1.82, 2.24) is 25.1 Å². The monoisotopic (exact) mass is 446 g/mol. The molecule has 2 N–H and O–H groups in total. The molecule has 10 heteroatoms. The van der Waals surface area contributed by atoms with Crippen molar-refractivity contribution in [3.63, 3.8) is 0 Å². The van der Waals surface area contributed by atoms with Crippen LogP contribution in [0.3, 0.4) is 0 Å². The largest absolute Gasteiger partial charge is 0.494 e. The third-order valence-electron chi connectivity index (χ3n) is 5.57. The van der Waals surface area contributed by atoms with Crippen LogP contribution in [-0.2, 0) is 4.79 Å². The van der Waals surface area contributed by atoms with E-state index in [-0.39, 0.29) is 17.6 Å². The van der Waals surface area contributed by atoms with Crippen molar-refractivity contribution in [3.05, 3.63) is 54.3 Å². The summed E-state index contributed by atoms with van der Waals surface area (Å²) >= 11 is 0. The highest BCUT2D eigenvalue weighted by Gasteiger charge is 2.22. The van der Waals surface area contributed by atoms with Crippen LogP contribution in [0.15, 0.2) is 47.3 Å². The maximum Gasteiger partial charge on any atom is 0.277 e. The minimum atomic E-state index is -0.426. The number of nitrogens with one attached hydrogen (secondary N) is 2. The Morgan fingerprint density at radius 3 is 3.00 bits per heavy atom. The normalized spacial score (nSPS) is 15.9. The molecule has 1 saturated heterocycles. The van der Waals surface area contributed by atoms with Gasteiger partial charge in [-0.1, -0.05) is 0 Å². The number of nitrogens with zero attached hydrogens (tertiary/aromatic N) is 4. The highest BCUT2D eigenvalue weighted by Crippen LogP contribution is 2.32. The Morgan fingerprint density at radius 2 is 2.21 bits per heavy atom. The highest BCUT2D eigenvalue weighted by atomic mass is 16.5. The summed E-state index contributed by atoms with van der Waals surface area (Å²) in [6.07, 6.45) is 6.06. The van der Waals surface area contributed by atoms with Gasteiger partial charge in [0.25, 0.3) is 5.91 Å². The minimum Gasteiger partial charge on any atom is -0.494 e. The molecule has 2 amide bonds. The zero-order valence-corrected chi connectivity index (χ0v) is 18.2. The number of hydrogen-bond donors (Lipinski definition) is 2. The number of aromatic nitrogens is 4. The molecule has 1 fully saturated rings. The van der Waals surface area contributed by atoms with Gasteiger partial charge in [0, 0.05) is 48.1 Å². The van der Waals surface area contributed by atoms with E-state index in [1.807, 2.05) is 23.9 Å². The number of carbonyl (C=O) groups excluding carboxylic acids is 2. The first-order valence-electron chi connectivity index (χ1n) is 10.5. The van der Waals surface area contributed by atoms with Crippen LogP contribution in [0, 0.1) is 6.92 Å². The Bertz CT molecular complexity index is 1360. The molecule has 168 valence electrons. The van der Waals surface area contributed by atoms with E-state index in [0.29, 0.717) is 35.8 Å². The molecule has 0 spiro atoms. The van der Waals surface area contributed by atoms with Crippen molar-refractivity contribution in [2.75, 3.05) is 19.0 Å². The summed E-state index contributed by atoms with van der Waals surface area (Å²) in [5, 5.41) is 11.1. The SMILES string of the molecule is COc1cc2nn(C3CCNC(=O)C3)cc2cc1NC(=O)c1coc(-c2ccnc(C)c2)n1. The van der Waals surface area contributed by atoms with E-state index >= 15 is 0 Å². The first kappa shape index (κ1) is 20.7. The molecular weight excluding hydrogens is 424 g/mol. The molecule has 0 saturated carbocycles. The van der Waals surface area contributed by atoms with Gasteiger partial charge >= 0.3 is 0 Å². The number of fused-ring (bicyclic) bond motifs is 1. The lowest BCUT2D eigenvalue weighted by atomic mass is 10.1. The average molecular weight is 446 g/mol. The summed E-state index contributed by atoms with van der Waals surface area (Å²) in [6, 6.07) is 7.16. The van der Waals surface area contributed by atoms with Crippen molar-refractivity contribution in [2.45, 2.75) is 25.8 Å². The molecule has 10 nitrogen and oxygen atoms in total. The number of carbonyl (C=O) groups is 2. The first-order chi connectivity index (χ1) is 16.0. The van der Waals surface area contributed by atoms with Crippen molar-refractivity contribution in [2.24, 2.45) is 0 Å². The number of pyridine rings is 1. The summed E-state index contributed by atoms with van der Waals surface area (Å²) in [7, 11) is 1.53. The first-order valence-corrected chi connectivity index (χ1v) is 10.5. The lowest BCUT2D eigenvalue weighted by Gasteiger charge is -2.22. The molecule has 5 rings (SSSR count). The van der Waals surface area contributed by atoms with Gasteiger partial charge in [-0.3, -0.25) is 19.3 Å². The molecule has 1 unspecified atom stereocenters. The van der Waals surface area contributed by atoms with E-state index in [4.69, 9.17) is 9.15 Å². The lowest BCUT2D eigenvalue weighted by molar-refractivity contribution is -0.123. The third kappa shape index (κ3) is 4.14. The van der Waals surface area contributed by atoms with E-state index < -0.39 is 5.91 Å². The van der Waals surface area contributed by atoms with Gasteiger partial charge in [0.2, 0.25) is 11.8 Å². The maximum atomic E-state index is 12.9. The van der Waals surface area contributed by atoms with Gasteiger partial charge in [0.05, 0.1) is 24.4 Å². The zero-order valence-electron chi connectivity index (χ0n) is 18.2. The molecular formula is C23H22N6O4. The summed E-state index contributed by atoms with van der Waals surface area (Å²) in [5.74, 6) is 0.400. The van der Waals surface area contributed by atoms with E-state index in [9.17, 15) is 9.59 Å². The van der Waals surface area contributed by atoms with Gasteiger partial charge in [0.1, 0.15) is 12.0 Å². The van der Waals surface area contributed by atoms with Gasteiger partial charge in [0.15, 0.2) is 5.69 Å². The van der Waals surface area contributed by atoms with Crippen LogP contribution in [0.25, 0.3) is 22.4 Å². The molecule has 1 aliphatic heterocycles. The second-order valence-corrected chi connectivity index (χ2v) is 7.89. The highest BCUT2D eigenvalue weighted by molar-refractivity contribution is 6.05. The molecule has 1 aromatic carbocycles. The number of hydrogen-bond acceptors (Lipinski definition) is 7. The zero-order chi connectivity index (χ0) is 22.9. The van der Waals surface area contributed by atoms with E-state index in [2.05, 4.69) is 25.7 Å². The lowest BCUT2D eigenvalue weighted by Crippen LogP contribution is -2.34. The number of oxazole rings is 1. The van der Waals surface area contributed by atoms with E-state index in [1.54, 1.807) is 24.4 Å². The van der Waals surface area contributed by atoms with Gasteiger partial charge < -0.3 is 19.8 Å². The predicted molar refractivity (Wildman–Crippen MR) is 120 cm³/mol. The number of rotatable bonds is 5. The van der Waals surface area contributed by atoms with Crippen LogP contribution in [0.4, 0.5) is 5.69 Å². The van der Waals surface area contributed by atoms with Crippen molar-refractivity contribution in [3.8, 4) is 17.2 Å². The standard InChI is InChI=1S/C23H22N6O4/c1-13-7-14(3-5-24-13)23-27-19(12-33-23)22(31)26-18-8-15-11-29(16-4-6-25-21(30)9-16)28-17(15)10-20(18)32-2/h3,5,7-8,10-12,16H,4,6,9H2,1-2H3,(H,25,30)(H,26,31). The molecule has 3 aromatic heterocycles. The average Bonchev–Trinajstić information content (AvgIpc) is 3.46. The van der Waals surface area contributed by atoms with Gasteiger partial charge in [-0.15, -0.1) is 0 Å². The van der Waals surface area contributed by atoms with Crippen molar-refractivity contribution >= 4 is 28.4 Å². The number of ether oxygens (including phenoxy) is 1. The number of aryl methyl sites for hydroxylation is 1. The fourth-order valence-electron chi connectivity index (χ4n) is 3.89. The number of amides is 2. The van der Waals surface area contributed by atoms with Crippen LogP contribution in [0.5, 0.6) is 5.75 Å². The Kier molecular flexibility index (Phi) is 5.25. The Labute approximate surface area is 189 Å². The summed E-state index contributed by atoms with van der Waals surface area (Å²) < 4.78 is 12.8. The summed E-state index contributed by atoms with van der Waals surface area (Å²) in [4.78, 5) is 33.1. The smallest absolute Gasteiger partial charge is 0.277 e. The van der Waals surface area contributed by atoms with Crippen LogP contribution >= 0.6 is 0 Å². The second kappa shape index (κ2) is 8.38. The topological polar surface area (TPSA) is 124 Å². The van der Waals surface area contributed by atoms with Gasteiger partial charge in [-0.2, -0.15) is 5.10 Å². The molecule has 33 heavy (non-hydrogen) atoms. The third-order valence-corrected chi connectivity index (χ3v) is 5.57. The molecule has 0 radical (unpaired) electrons. The fraction of sp³-hybridized carbons (Fsp3) is 0.261. The number of piperidine rings is 1. The second-order valence-electron chi connectivity index (χ2n) is 7.89. The Hall–Kier alpha value is -4.21. The van der Waals surface area contributed by atoms with E-state index in [0.717, 1.165) is 23.1 Å². The maximum absolute atomic E-state index is 12.9. The number of methoxy groups -OCH3 is 1. The van der Waals surface area contributed by atoms with Crippen LogP contribution in [0.1, 0.15) is 35.1 Å². The van der Waals surface area contributed by atoms with Crippen LogP contribution in [0.2, 0.25) is 0 Å². The fourth-order valence-corrected chi connectivity index (χ4v) is 3.89. The molecule has 1 aliphatic rings. The quantitative estimate of drug-likeness (QED) is 0.483. The molecule has 4 aromatic rings. The van der Waals surface area contributed by atoms with Crippen LogP contribution in [-0.4, -0.2) is 45.2 Å². The molecule has 0 aliphatic carbocycles. The van der Waals surface area contributed by atoms with Crippen molar-refractivity contribution in [1.29, 1.82) is 0 Å². The number of anilines is 1. The summed E-state index contributed by atoms with van der Waals surface area (Å²) in [5.41, 5.74) is 2.91. The van der Waals surface area contributed by atoms with E-state index in [1.165, 1.54) is 13.4 Å². The predicted octanol–water partition coefficient (Wildman–Crippen LogP) is 3.11. The molecule has 4 heterocycles. The van der Waals surface area contributed by atoms with Crippen LogP contribution < -0.4 is 15.4 Å². The molecule has 0 bridgehead atoms. The molecule has 1 atom stereocenters.